The number of fused-ring (bicyclic) bond motifs is 1. The molecule has 0 unspecified atom stereocenters. The summed E-state index contributed by atoms with van der Waals surface area (Å²) in [6, 6.07) is 7.79. The third-order valence-electron chi connectivity index (χ3n) is 2.95. The summed E-state index contributed by atoms with van der Waals surface area (Å²) < 4.78 is 10.8. The minimum absolute atomic E-state index is 0.0182. The number of nitrogens with zero attached hydrogens (tertiary/aromatic N) is 2. The Balaban J connectivity index is 1.64. The molecule has 0 saturated carbocycles. The van der Waals surface area contributed by atoms with E-state index in [0.29, 0.717) is 35.2 Å². The van der Waals surface area contributed by atoms with Gasteiger partial charge in [-0.15, -0.1) is 0 Å². The third kappa shape index (κ3) is 3.46. The lowest BCUT2D eigenvalue weighted by Crippen LogP contribution is -2.19. The lowest BCUT2D eigenvalue weighted by atomic mass is 10.2. The predicted octanol–water partition coefficient (Wildman–Crippen LogP) is 2.19. The van der Waals surface area contributed by atoms with Crippen molar-refractivity contribution in [2.24, 2.45) is 5.10 Å². The average Bonchev–Trinajstić information content (AvgIpc) is 3.03. The van der Waals surface area contributed by atoms with Gasteiger partial charge in [0.1, 0.15) is 13.2 Å². The molecule has 0 bridgehead atoms. The van der Waals surface area contributed by atoms with Crippen molar-refractivity contribution < 1.29 is 19.2 Å². The van der Waals surface area contributed by atoms with E-state index < -0.39 is 10.8 Å². The van der Waals surface area contributed by atoms with Crippen LogP contribution in [0.25, 0.3) is 0 Å². The van der Waals surface area contributed by atoms with Gasteiger partial charge in [0.15, 0.2) is 11.5 Å². The molecule has 8 nitrogen and oxygen atoms in total. The van der Waals surface area contributed by atoms with Gasteiger partial charge in [0.05, 0.1) is 16.0 Å². The Bertz CT molecular complexity index is 786. The Hall–Kier alpha value is -2.94. The number of hydrazone groups is 1. The fourth-order valence-electron chi connectivity index (χ4n) is 1.91. The minimum atomic E-state index is -0.476. The Labute approximate surface area is 134 Å². The molecule has 0 atom stereocenters. The monoisotopic (exact) mass is 333 g/mol. The van der Waals surface area contributed by atoms with Crippen molar-refractivity contribution in [2.45, 2.75) is 0 Å². The van der Waals surface area contributed by atoms with Crippen molar-refractivity contribution in [1.29, 1.82) is 0 Å². The van der Waals surface area contributed by atoms with E-state index in [4.69, 9.17) is 9.47 Å². The number of nitro groups is 1. The van der Waals surface area contributed by atoms with Gasteiger partial charge in [-0.2, -0.15) is 5.10 Å². The van der Waals surface area contributed by atoms with E-state index in [1.165, 1.54) is 12.3 Å². The van der Waals surface area contributed by atoms with Crippen molar-refractivity contribution in [3.63, 3.8) is 0 Å². The molecule has 0 spiro atoms. The number of carbonyl (C=O) groups excluding carboxylic acids is 1. The molecule has 9 heteroatoms. The van der Waals surface area contributed by atoms with Crippen LogP contribution >= 0.6 is 11.3 Å². The summed E-state index contributed by atoms with van der Waals surface area (Å²) in [7, 11) is 0. The molecule has 0 aliphatic carbocycles. The molecule has 1 amide bonds. The van der Waals surface area contributed by atoms with E-state index in [1.807, 2.05) is 0 Å². The zero-order chi connectivity index (χ0) is 16.2. The number of rotatable bonds is 4. The first kappa shape index (κ1) is 15.0. The van der Waals surface area contributed by atoms with E-state index in [9.17, 15) is 14.9 Å². The van der Waals surface area contributed by atoms with Crippen molar-refractivity contribution in [2.75, 3.05) is 13.2 Å². The second-order valence-corrected chi connectivity index (χ2v) is 5.58. The fraction of sp³-hybridized carbons (Fsp3) is 0.143. The molecule has 1 N–H and O–H groups in total. The quantitative estimate of drug-likeness (QED) is 0.525. The fourth-order valence-corrected chi connectivity index (χ4v) is 2.61. The molecule has 0 fully saturated rings. The van der Waals surface area contributed by atoms with Crippen LogP contribution in [0.3, 0.4) is 0 Å². The first-order valence-corrected chi connectivity index (χ1v) is 7.42. The topological polar surface area (TPSA) is 103 Å². The number of carbonyl (C=O) groups is 1. The standard InChI is InChI=1S/C14H11N3O5S/c18-14(9-1-3-11-12(7-9)22-6-5-21-11)16-15-8-10-2-4-13(23-10)17(19)20/h1-4,7-8H,5-6H2,(H,16,18)/b15-8+. The van der Waals surface area contributed by atoms with Crippen LogP contribution in [0.15, 0.2) is 35.4 Å². The molecule has 1 aliphatic rings. The maximum absolute atomic E-state index is 12.0. The smallest absolute Gasteiger partial charge is 0.324 e. The second-order valence-electron chi connectivity index (χ2n) is 4.49. The minimum Gasteiger partial charge on any atom is -0.486 e. The van der Waals surface area contributed by atoms with Gasteiger partial charge in [-0.25, -0.2) is 5.43 Å². The molecule has 1 aliphatic heterocycles. The number of thiophene rings is 1. The van der Waals surface area contributed by atoms with Crippen LogP contribution in [-0.2, 0) is 0 Å². The molecule has 118 valence electrons. The van der Waals surface area contributed by atoms with Crippen molar-refractivity contribution in [3.05, 3.63) is 50.9 Å². The number of hydrogen-bond donors (Lipinski definition) is 1. The van der Waals surface area contributed by atoms with Crippen LogP contribution in [0.4, 0.5) is 5.00 Å². The van der Waals surface area contributed by atoms with Gasteiger partial charge in [0, 0.05) is 11.6 Å². The van der Waals surface area contributed by atoms with Crippen LogP contribution in [-0.4, -0.2) is 30.3 Å². The zero-order valence-electron chi connectivity index (χ0n) is 11.7. The summed E-state index contributed by atoms with van der Waals surface area (Å²) in [4.78, 5) is 22.7. The Morgan fingerprint density at radius 1 is 1.26 bits per heavy atom. The highest BCUT2D eigenvalue weighted by atomic mass is 32.1. The normalized spacial score (nSPS) is 13.0. The number of nitrogens with one attached hydrogen (secondary N) is 1. The molecule has 0 radical (unpaired) electrons. The Morgan fingerprint density at radius 2 is 2.04 bits per heavy atom. The van der Waals surface area contributed by atoms with Gasteiger partial charge in [-0.05, 0) is 24.3 Å². The average molecular weight is 333 g/mol. The van der Waals surface area contributed by atoms with E-state index in [2.05, 4.69) is 10.5 Å². The van der Waals surface area contributed by atoms with Gasteiger partial charge in [0.2, 0.25) is 0 Å². The zero-order valence-corrected chi connectivity index (χ0v) is 12.5. The molecule has 23 heavy (non-hydrogen) atoms. The van der Waals surface area contributed by atoms with Gasteiger partial charge in [-0.3, -0.25) is 14.9 Å². The van der Waals surface area contributed by atoms with E-state index in [-0.39, 0.29) is 5.00 Å². The Morgan fingerprint density at radius 3 is 2.78 bits per heavy atom. The number of amides is 1. The van der Waals surface area contributed by atoms with E-state index in [1.54, 1.807) is 24.3 Å². The van der Waals surface area contributed by atoms with Gasteiger partial charge in [-0.1, -0.05) is 11.3 Å². The van der Waals surface area contributed by atoms with Crippen LogP contribution < -0.4 is 14.9 Å². The first-order chi connectivity index (χ1) is 11.1. The van der Waals surface area contributed by atoms with Crippen molar-refractivity contribution in [3.8, 4) is 11.5 Å². The largest absolute Gasteiger partial charge is 0.486 e. The van der Waals surface area contributed by atoms with Crippen molar-refractivity contribution in [1.82, 2.24) is 5.43 Å². The van der Waals surface area contributed by atoms with Crippen LogP contribution in [0.2, 0.25) is 0 Å². The van der Waals surface area contributed by atoms with Crippen molar-refractivity contribution >= 4 is 28.5 Å². The molecule has 0 saturated heterocycles. The van der Waals surface area contributed by atoms with E-state index >= 15 is 0 Å². The molecular formula is C14H11N3O5S. The lowest BCUT2D eigenvalue weighted by Gasteiger charge is -2.18. The second kappa shape index (κ2) is 6.44. The SMILES string of the molecule is O=C(N/N=C/c1ccc([N+](=O)[O-])s1)c1ccc2c(c1)OCCO2. The summed E-state index contributed by atoms with van der Waals surface area (Å²) in [5.41, 5.74) is 2.74. The molecule has 2 heterocycles. The Kier molecular flexibility index (Phi) is 4.20. The van der Waals surface area contributed by atoms with Crippen LogP contribution in [0, 0.1) is 10.1 Å². The predicted molar refractivity (Wildman–Crippen MR) is 83.5 cm³/mol. The highest BCUT2D eigenvalue weighted by Gasteiger charge is 2.14. The lowest BCUT2D eigenvalue weighted by molar-refractivity contribution is -0.380. The summed E-state index contributed by atoms with van der Waals surface area (Å²) >= 11 is 0.971. The molecule has 3 rings (SSSR count). The first-order valence-electron chi connectivity index (χ1n) is 6.61. The summed E-state index contributed by atoms with van der Waals surface area (Å²) in [6.07, 6.45) is 1.35. The third-order valence-corrected chi connectivity index (χ3v) is 3.93. The highest BCUT2D eigenvalue weighted by Crippen LogP contribution is 2.30. The maximum atomic E-state index is 12.0. The molecule has 2 aromatic rings. The molecule has 1 aromatic carbocycles. The van der Waals surface area contributed by atoms with Gasteiger partial charge < -0.3 is 9.47 Å². The number of ether oxygens (including phenoxy) is 2. The summed E-state index contributed by atoms with van der Waals surface area (Å²) in [5.74, 6) is 0.702. The summed E-state index contributed by atoms with van der Waals surface area (Å²) in [6.45, 7) is 0.920. The van der Waals surface area contributed by atoms with Gasteiger partial charge in [0.25, 0.3) is 5.91 Å². The molecule has 1 aromatic heterocycles. The number of benzene rings is 1. The maximum Gasteiger partial charge on any atom is 0.324 e. The van der Waals surface area contributed by atoms with Gasteiger partial charge >= 0.3 is 5.00 Å². The summed E-state index contributed by atoms with van der Waals surface area (Å²) in [5, 5.41) is 14.4. The van der Waals surface area contributed by atoms with E-state index in [0.717, 1.165) is 11.3 Å². The molecular weight excluding hydrogens is 322 g/mol. The number of hydrogen-bond acceptors (Lipinski definition) is 7. The highest BCUT2D eigenvalue weighted by molar-refractivity contribution is 7.16. The van der Waals surface area contributed by atoms with Crippen LogP contribution in [0.5, 0.6) is 11.5 Å². The van der Waals surface area contributed by atoms with Crippen LogP contribution in [0.1, 0.15) is 15.2 Å².